The lowest BCUT2D eigenvalue weighted by Gasteiger charge is -2.22. The molecular weight excluding hydrogens is 418 g/mol. The van der Waals surface area contributed by atoms with E-state index in [0.29, 0.717) is 5.56 Å². The lowest BCUT2D eigenvalue weighted by Crippen LogP contribution is -2.54. The number of nitrogens with two attached hydrogens (primary N) is 1. The number of carbonyl (C=O) groups excluding carboxylic acids is 3. The second-order valence-electron chi connectivity index (χ2n) is 6.95. The van der Waals surface area contributed by atoms with Gasteiger partial charge in [-0.05, 0) is 29.3 Å². The molecule has 2 aromatic carbocycles. The van der Waals surface area contributed by atoms with Crippen LogP contribution in [0.1, 0.15) is 23.6 Å². The van der Waals surface area contributed by atoms with Gasteiger partial charge in [0.05, 0.1) is 5.56 Å². The van der Waals surface area contributed by atoms with Crippen LogP contribution in [0, 0.1) is 5.82 Å². The fraction of sp³-hybridized carbons (Fsp3) is 0.286. The van der Waals surface area contributed by atoms with Gasteiger partial charge >= 0.3 is 6.18 Å². The number of carbonyl (C=O) groups is 3. The predicted octanol–water partition coefficient (Wildman–Crippen LogP) is 2.10. The van der Waals surface area contributed by atoms with Crippen molar-refractivity contribution >= 4 is 17.7 Å². The van der Waals surface area contributed by atoms with E-state index in [9.17, 15) is 31.9 Å². The summed E-state index contributed by atoms with van der Waals surface area (Å²) >= 11 is 0. The maximum Gasteiger partial charge on any atom is 0.416 e. The van der Waals surface area contributed by atoms with Gasteiger partial charge in [-0.3, -0.25) is 14.4 Å². The molecule has 0 saturated heterocycles. The van der Waals surface area contributed by atoms with Crippen molar-refractivity contribution in [1.82, 2.24) is 10.6 Å². The third-order valence-corrected chi connectivity index (χ3v) is 4.40. The number of hydrogen-bond donors (Lipinski definition) is 3. The first-order valence-electron chi connectivity index (χ1n) is 9.23. The van der Waals surface area contributed by atoms with Crippen LogP contribution in [0.15, 0.2) is 48.5 Å². The Morgan fingerprint density at radius 1 is 0.935 bits per heavy atom. The van der Waals surface area contributed by atoms with Crippen molar-refractivity contribution in [3.05, 3.63) is 71.0 Å². The zero-order valence-corrected chi connectivity index (χ0v) is 16.5. The second-order valence-corrected chi connectivity index (χ2v) is 6.95. The minimum atomic E-state index is -4.56. The van der Waals surface area contributed by atoms with Gasteiger partial charge in [0, 0.05) is 19.8 Å². The summed E-state index contributed by atoms with van der Waals surface area (Å²) in [7, 11) is 0. The van der Waals surface area contributed by atoms with E-state index in [0.717, 1.165) is 12.1 Å². The van der Waals surface area contributed by atoms with Crippen LogP contribution in [0.2, 0.25) is 0 Å². The van der Waals surface area contributed by atoms with Crippen molar-refractivity contribution in [1.29, 1.82) is 0 Å². The van der Waals surface area contributed by atoms with Gasteiger partial charge in [-0.1, -0.05) is 30.3 Å². The van der Waals surface area contributed by atoms with Crippen LogP contribution in [-0.2, 0) is 33.4 Å². The Morgan fingerprint density at radius 2 is 1.55 bits per heavy atom. The molecule has 0 radical (unpaired) electrons. The Morgan fingerprint density at radius 3 is 2.10 bits per heavy atom. The first kappa shape index (κ1) is 23.8. The Labute approximate surface area is 175 Å². The summed E-state index contributed by atoms with van der Waals surface area (Å²) in [5.74, 6) is -2.70. The summed E-state index contributed by atoms with van der Waals surface area (Å²) in [4.78, 5) is 36.0. The van der Waals surface area contributed by atoms with Crippen LogP contribution < -0.4 is 16.4 Å². The average Bonchev–Trinajstić information content (AvgIpc) is 2.67. The molecular formula is C21H21F4N3O3. The molecule has 0 aliphatic rings. The maximum absolute atomic E-state index is 13.1. The maximum atomic E-state index is 13.1. The highest BCUT2D eigenvalue weighted by atomic mass is 19.4. The molecule has 31 heavy (non-hydrogen) atoms. The number of rotatable bonds is 8. The number of primary amides is 1. The van der Waals surface area contributed by atoms with Gasteiger partial charge in [0.2, 0.25) is 17.7 Å². The van der Waals surface area contributed by atoms with E-state index >= 15 is 0 Å². The van der Waals surface area contributed by atoms with Gasteiger partial charge in [-0.15, -0.1) is 0 Å². The van der Waals surface area contributed by atoms with Crippen molar-refractivity contribution in [3.8, 4) is 0 Å². The van der Waals surface area contributed by atoms with Crippen molar-refractivity contribution in [2.75, 3.05) is 0 Å². The standard InChI is InChI=1S/C21H21F4N3O3/c1-12(29)27-18(10-13-5-7-16(22)8-6-13)20(31)28-17(19(26)30)11-14-3-2-4-15(9-14)21(23,24)25/h2-9,17-18H,10-11H2,1H3,(H2,26,30)(H,27,29)(H,28,31)/t17-,18-/m1/s1. The fourth-order valence-corrected chi connectivity index (χ4v) is 2.92. The molecule has 2 atom stereocenters. The summed E-state index contributed by atoms with van der Waals surface area (Å²) in [6, 6.07) is 7.16. The molecule has 4 N–H and O–H groups in total. The van der Waals surface area contributed by atoms with Crippen LogP contribution in [0.4, 0.5) is 17.6 Å². The number of alkyl halides is 3. The Kier molecular flexibility index (Phi) is 7.73. The van der Waals surface area contributed by atoms with Crippen molar-refractivity contribution < 1.29 is 31.9 Å². The Hall–Kier alpha value is -3.43. The highest BCUT2D eigenvalue weighted by Crippen LogP contribution is 2.29. The Balaban J connectivity index is 2.17. The monoisotopic (exact) mass is 439 g/mol. The quantitative estimate of drug-likeness (QED) is 0.549. The SMILES string of the molecule is CC(=O)N[C@H](Cc1ccc(F)cc1)C(=O)N[C@H](Cc1cccc(C(F)(F)F)c1)C(N)=O. The molecule has 0 aliphatic carbocycles. The molecule has 3 amide bonds. The van der Waals surface area contributed by atoms with E-state index in [4.69, 9.17) is 5.73 Å². The van der Waals surface area contributed by atoms with Crippen LogP contribution in [0.3, 0.4) is 0 Å². The molecule has 0 spiro atoms. The van der Waals surface area contributed by atoms with Crippen molar-refractivity contribution in [3.63, 3.8) is 0 Å². The predicted molar refractivity (Wildman–Crippen MR) is 104 cm³/mol. The summed E-state index contributed by atoms with van der Waals surface area (Å²) in [6.45, 7) is 1.19. The summed E-state index contributed by atoms with van der Waals surface area (Å²) in [5, 5.41) is 4.81. The van der Waals surface area contributed by atoms with Gasteiger partial charge in [0.15, 0.2) is 0 Å². The van der Waals surface area contributed by atoms with E-state index in [2.05, 4.69) is 10.6 Å². The molecule has 0 fully saturated rings. The smallest absolute Gasteiger partial charge is 0.368 e. The minimum absolute atomic E-state index is 0.000728. The molecule has 10 heteroatoms. The molecule has 2 rings (SSSR count). The zero-order chi connectivity index (χ0) is 23.2. The summed E-state index contributed by atoms with van der Waals surface area (Å²) in [6.07, 6.45) is -4.83. The first-order chi connectivity index (χ1) is 14.5. The fourth-order valence-electron chi connectivity index (χ4n) is 2.92. The number of amides is 3. The highest BCUT2D eigenvalue weighted by molar-refractivity contribution is 5.91. The molecule has 0 bridgehead atoms. The number of nitrogens with one attached hydrogen (secondary N) is 2. The van der Waals surface area contributed by atoms with E-state index in [1.54, 1.807) is 0 Å². The molecule has 166 valence electrons. The van der Waals surface area contributed by atoms with Crippen LogP contribution >= 0.6 is 0 Å². The van der Waals surface area contributed by atoms with Crippen molar-refractivity contribution in [2.45, 2.75) is 38.0 Å². The Bertz CT molecular complexity index is 946. The second kappa shape index (κ2) is 10.1. The summed E-state index contributed by atoms with van der Waals surface area (Å²) in [5.41, 5.74) is 5.12. The number of hydrogen-bond acceptors (Lipinski definition) is 3. The molecule has 0 aliphatic heterocycles. The summed E-state index contributed by atoms with van der Waals surface area (Å²) < 4.78 is 51.8. The lowest BCUT2D eigenvalue weighted by molar-refractivity contribution is -0.137. The van der Waals surface area contributed by atoms with Crippen LogP contribution in [-0.4, -0.2) is 29.8 Å². The van der Waals surface area contributed by atoms with E-state index < -0.39 is 47.4 Å². The molecule has 0 unspecified atom stereocenters. The molecule has 2 aromatic rings. The first-order valence-corrected chi connectivity index (χ1v) is 9.23. The number of halogens is 4. The van der Waals surface area contributed by atoms with Crippen LogP contribution in [0.5, 0.6) is 0 Å². The molecule has 6 nitrogen and oxygen atoms in total. The van der Waals surface area contributed by atoms with Gasteiger partial charge in [0.1, 0.15) is 17.9 Å². The third kappa shape index (κ3) is 7.40. The van der Waals surface area contributed by atoms with E-state index in [-0.39, 0.29) is 18.4 Å². The van der Waals surface area contributed by atoms with Gasteiger partial charge < -0.3 is 16.4 Å². The van der Waals surface area contributed by atoms with Crippen molar-refractivity contribution in [2.24, 2.45) is 5.73 Å². The topological polar surface area (TPSA) is 101 Å². The highest BCUT2D eigenvalue weighted by Gasteiger charge is 2.31. The average molecular weight is 439 g/mol. The van der Waals surface area contributed by atoms with E-state index in [1.807, 2.05) is 0 Å². The van der Waals surface area contributed by atoms with E-state index in [1.165, 1.54) is 43.3 Å². The molecule has 0 saturated carbocycles. The normalized spacial score (nSPS) is 13.2. The lowest BCUT2D eigenvalue weighted by atomic mass is 10.0. The molecule has 0 aromatic heterocycles. The molecule has 0 heterocycles. The van der Waals surface area contributed by atoms with Gasteiger partial charge in [-0.2, -0.15) is 13.2 Å². The van der Waals surface area contributed by atoms with Crippen LogP contribution in [0.25, 0.3) is 0 Å². The third-order valence-electron chi connectivity index (χ3n) is 4.40. The largest absolute Gasteiger partial charge is 0.416 e. The minimum Gasteiger partial charge on any atom is -0.368 e. The number of benzene rings is 2. The van der Waals surface area contributed by atoms with Gasteiger partial charge in [-0.25, -0.2) is 4.39 Å². The van der Waals surface area contributed by atoms with Gasteiger partial charge in [0.25, 0.3) is 0 Å². The zero-order valence-electron chi connectivity index (χ0n) is 16.5.